The number of ether oxygens (including phenoxy) is 2. The highest BCUT2D eigenvalue weighted by atomic mass is 16.5. The lowest BCUT2D eigenvalue weighted by Gasteiger charge is -2.56. The maximum atomic E-state index is 13.6. The molecule has 29 heavy (non-hydrogen) atoms. The SMILES string of the molecule is C=CN1C(=O)[C@H]2C3c4ccccc4C([C@H](COC)OC)(c4ccccc43)[C@H]2C1=O. The van der Waals surface area contributed by atoms with E-state index in [1.807, 2.05) is 24.3 Å². The van der Waals surface area contributed by atoms with Gasteiger partial charge in [0.2, 0.25) is 11.8 Å². The van der Waals surface area contributed by atoms with Crippen molar-refractivity contribution in [3.05, 3.63) is 83.6 Å². The van der Waals surface area contributed by atoms with Gasteiger partial charge in [0.15, 0.2) is 0 Å². The van der Waals surface area contributed by atoms with E-state index in [0.29, 0.717) is 6.61 Å². The maximum Gasteiger partial charge on any atom is 0.238 e. The fraction of sp³-hybridized carbons (Fsp3) is 0.333. The van der Waals surface area contributed by atoms with Gasteiger partial charge in [0.05, 0.1) is 30.0 Å². The highest BCUT2D eigenvalue weighted by Crippen LogP contribution is 2.65. The van der Waals surface area contributed by atoms with E-state index in [0.717, 1.165) is 22.3 Å². The Hall–Kier alpha value is -2.76. The fourth-order valence-corrected chi connectivity index (χ4v) is 6.12. The largest absolute Gasteiger partial charge is 0.382 e. The molecule has 3 aliphatic carbocycles. The first kappa shape index (κ1) is 18.3. The Morgan fingerprint density at radius 2 is 1.62 bits per heavy atom. The number of methoxy groups -OCH3 is 2. The monoisotopic (exact) mass is 389 g/mol. The predicted octanol–water partition coefficient (Wildman–Crippen LogP) is 2.84. The molecule has 0 radical (unpaired) electrons. The lowest BCUT2D eigenvalue weighted by atomic mass is 9.45. The molecular weight excluding hydrogens is 366 g/mol. The summed E-state index contributed by atoms with van der Waals surface area (Å²) in [5.74, 6) is -1.57. The number of carbonyl (C=O) groups is 2. The average molecular weight is 389 g/mol. The van der Waals surface area contributed by atoms with Crippen LogP contribution in [0.15, 0.2) is 61.3 Å². The molecule has 5 heteroatoms. The minimum absolute atomic E-state index is 0.157. The quantitative estimate of drug-likeness (QED) is 0.738. The molecule has 2 bridgehead atoms. The van der Waals surface area contributed by atoms with Crippen LogP contribution in [-0.4, -0.2) is 43.6 Å². The molecule has 3 atom stereocenters. The number of carbonyl (C=O) groups excluding carboxylic acids is 2. The standard InChI is InChI=1S/C24H23NO4/c1-4-25-22(26)20-19-14-9-5-7-11-16(14)24(21(20)23(25)27,18(29-3)13-28-2)17-12-8-6-10-15(17)19/h4-12,18-21H,1,13H2,2-3H3/t18-,19?,20-,21+,24?/m0/s1. The van der Waals surface area contributed by atoms with Crippen LogP contribution in [0.1, 0.15) is 28.2 Å². The van der Waals surface area contributed by atoms with Crippen LogP contribution < -0.4 is 0 Å². The Morgan fingerprint density at radius 1 is 1.03 bits per heavy atom. The number of imide groups is 1. The lowest BCUT2D eigenvalue weighted by Crippen LogP contribution is -2.60. The van der Waals surface area contributed by atoms with E-state index in [4.69, 9.17) is 9.47 Å². The summed E-state index contributed by atoms with van der Waals surface area (Å²) >= 11 is 0. The van der Waals surface area contributed by atoms with Gasteiger partial charge in [-0.25, -0.2) is 0 Å². The summed E-state index contributed by atoms with van der Waals surface area (Å²) in [5, 5.41) is 0. The second kappa shape index (κ2) is 6.37. The number of amides is 2. The molecule has 0 unspecified atom stereocenters. The van der Waals surface area contributed by atoms with Crippen molar-refractivity contribution in [2.45, 2.75) is 17.4 Å². The predicted molar refractivity (Wildman–Crippen MR) is 107 cm³/mol. The summed E-state index contributed by atoms with van der Waals surface area (Å²) in [6.07, 6.45) is 0.925. The third kappa shape index (κ3) is 2.02. The van der Waals surface area contributed by atoms with Gasteiger partial charge in [-0.1, -0.05) is 55.1 Å². The van der Waals surface area contributed by atoms with E-state index < -0.39 is 23.4 Å². The molecule has 4 aliphatic rings. The second-order valence-electron chi connectivity index (χ2n) is 7.93. The van der Waals surface area contributed by atoms with Crippen LogP contribution >= 0.6 is 0 Å². The molecule has 1 fully saturated rings. The minimum atomic E-state index is -0.804. The van der Waals surface area contributed by atoms with Crippen molar-refractivity contribution in [2.24, 2.45) is 11.8 Å². The van der Waals surface area contributed by atoms with Gasteiger partial charge in [0.25, 0.3) is 0 Å². The van der Waals surface area contributed by atoms with Crippen molar-refractivity contribution in [1.82, 2.24) is 4.90 Å². The van der Waals surface area contributed by atoms with E-state index in [2.05, 4.69) is 30.8 Å². The van der Waals surface area contributed by atoms with Gasteiger partial charge >= 0.3 is 0 Å². The van der Waals surface area contributed by atoms with Crippen LogP contribution in [0.5, 0.6) is 0 Å². The fourth-order valence-electron chi connectivity index (χ4n) is 6.12. The van der Waals surface area contributed by atoms with Crippen molar-refractivity contribution in [3.63, 3.8) is 0 Å². The second-order valence-corrected chi connectivity index (χ2v) is 7.93. The van der Waals surface area contributed by atoms with E-state index in [9.17, 15) is 9.59 Å². The number of hydrogen-bond donors (Lipinski definition) is 0. The molecule has 5 nitrogen and oxygen atoms in total. The van der Waals surface area contributed by atoms with Gasteiger partial charge < -0.3 is 9.47 Å². The summed E-state index contributed by atoms with van der Waals surface area (Å²) in [5.41, 5.74) is 3.50. The molecule has 2 aromatic carbocycles. The summed E-state index contributed by atoms with van der Waals surface area (Å²) in [7, 11) is 3.27. The van der Waals surface area contributed by atoms with Crippen molar-refractivity contribution >= 4 is 11.8 Å². The Balaban J connectivity index is 1.92. The molecule has 1 saturated heterocycles. The third-order valence-electron chi connectivity index (χ3n) is 7.01. The van der Waals surface area contributed by atoms with Crippen molar-refractivity contribution < 1.29 is 19.1 Å². The first-order valence-electron chi connectivity index (χ1n) is 9.82. The topological polar surface area (TPSA) is 55.8 Å². The number of rotatable bonds is 5. The zero-order chi connectivity index (χ0) is 20.3. The van der Waals surface area contributed by atoms with Gasteiger partial charge in [-0.15, -0.1) is 0 Å². The molecule has 0 aromatic heterocycles. The number of benzene rings is 2. The Bertz CT molecular complexity index is 982. The molecule has 1 aliphatic heterocycles. The van der Waals surface area contributed by atoms with Crippen LogP contribution in [0.3, 0.4) is 0 Å². The number of nitrogens with zero attached hydrogens (tertiary/aromatic N) is 1. The molecule has 6 rings (SSSR count). The number of hydrogen-bond acceptors (Lipinski definition) is 4. The third-order valence-corrected chi connectivity index (χ3v) is 7.01. The maximum absolute atomic E-state index is 13.6. The summed E-state index contributed by atoms with van der Waals surface area (Å²) < 4.78 is 11.5. The molecule has 148 valence electrons. The zero-order valence-electron chi connectivity index (χ0n) is 16.5. The summed E-state index contributed by atoms with van der Waals surface area (Å²) in [4.78, 5) is 28.1. The van der Waals surface area contributed by atoms with Gasteiger partial charge in [0, 0.05) is 26.3 Å². The smallest absolute Gasteiger partial charge is 0.238 e. The van der Waals surface area contributed by atoms with Gasteiger partial charge in [0.1, 0.15) is 0 Å². The van der Waals surface area contributed by atoms with E-state index >= 15 is 0 Å². The first-order valence-corrected chi connectivity index (χ1v) is 9.82. The van der Waals surface area contributed by atoms with Crippen LogP contribution in [-0.2, 0) is 24.5 Å². The summed E-state index contributed by atoms with van der Waals surface area (Å²) in [6.45, 7) is 4.03. The van der Waals surface area contributed by atoms with Crippen LogP contribution in [0.2, 0.25) is 0 Å². The van der Waals surface area contributed by atoms with Crippen molar-refractivity contribution in [3.8, 4) is 0 Å². The molecule has 2 amide bonds. The number of likely N-dealkylation sites (tertiary alicyclic amines) is 1. The van der Waals surface area contributed by atoms with Gasteiger partial charge in [-0.05, 0) is 22.3 Å². The molecular formula is C24H23NO4. The average Bonchev–Trinajstić information content (AvgIpc) is 3.02. The Morgan fingerprint density at radius 3 is 2.14 bits per heavy atom. The Labute approximate surface area is 169 Å². The molecule has 0 saturated carbocycles. The van der Waals surface area contributed by atoms with Crippen LogP contribution in [0.4, 0.5) is 0 Å². The summed E-state index contributed by atoms with van der Waals surface area (Å²) in [6, 6.07) is 16.3. The minimum Gasteiger partial charge on any atom is -0.382 e. The van der Waals surface area contributed by atoms with Gasteiger partial charge in [-0.2, -0.15) is 0 Å². The molecule has 0 spiro atoms. The van der Waals surface area contributed by atoms with Crippen LogP contribution in [0, 0.1) is 11.8 Å². The van der Waals surface area contributed by atoms with E-state index in [-0.39, 0.29) is 17.7 Å². The molecule has 2 aromatic rings. The normalized spacial score (nSPS) is 30.0. The zero-order valence-corrected chi connectivity index (χ0v) is 16.5. The molecule has 1 heterocycles. The highest BCUT2D eigenvalue weighted by Gasteiger charge is 2.70. The highest BCUT2D eigenvalue weighted by molar-refractivity contribution is 6.09. The molecule has 0 N–H and O–H groups in total. The van der Waals surface area contributed by atoms with Gasteiger partial charge in [-0.3, -0.25) is 14.5 Å². The van der Waals surface area contributed by atoms with Crippen molar-refractivity contribution in [2.75, 3.05) is 20.8 Å². The van der Waals surface area contributed by atoms with Crippen molar-refractivity contribution in [1.29, 1.82) is 0 Å². The first-order chi connectivity index (χ1) is 14.1. The lowest BCUT2D eigenvalue weighted by molar-refractivity contribution is -0.137. The van der Waals surface area contributed by atoms with E-state index in [1.54, 1.807) is 14.2 Å². The van der Waals surface area contributed by atoms with E-state index in [1.165, 1.54) is 11.1 Å². The Kier molecular flexibility index (Phi) is 4.02. The van der Waals surface area contributed by atoms with Crippen LogP contribution in [0.25, 0.3) is 0 Å².